The minimum Gasteiger partial charge on any atom is -0.497 e. The van der Waals surface area contributed by atoms with Crippen LogP contribution < -0.4 is 10.3 Å². The number of fused-ring (bicyclic) bond motifs is 1. The van der Waals surface area contributed by atoms with Crippen LogP contribution in [0.2, 0.25) is 0 Å². The van der Waals surface area contributed by atoms with Crippen LogP contribution in [0.1, 0.15) is 53.1 Å². The Balaban J connectivity index is 1.17. The fourth-order valence-electron chi connectivity index (χ4n) is 5.43. The number of aromatic nitrogens is 2. The van der Waals surface area contributed by atoms with Gasteiger partial charge in [0.2, 0.25) is 5.91 Å². The summed E-state index contributed by atoms with van der Waals surface area (Å²) in [5.41, 5.74) is 2.35. The third kappa shape index (κ3) is 4.31. The second-order valence-corrected chi connectivity index (χ2v) is 9.26. The maximum atomic E-state index is 13.1. The molecule has 3 aliphatic rings. The van der Waals surface area contributed by atoms with Gasteiger partial charge in [0.05, 0.1) is 25.4 Å². The highest BCUT2D eigenvalue weighted by atomic mass is 16.5. The van der Waals surface area contributed by atoms with Crippen molar-refractivity contribution >= 4 is 11.7 Å². The van der Waals surface area contributed by atoms with E-state index >= 15 is 0 Å². The molecule has 1 amide bonds. The summed E-state index contributed by atoms with van der Waals surface area (Å²) in [6.07, 6.45) is 4.89. The van der Waals surface area contributed by atoms with Crippen LogP contribution in [-0.4, -0.2) is 64.2 Å². The molecule has 1 unspecified atom stereocenters. The molecule has 1 aliphatic carbocycles. The summed E-state index contributed by atoms with van der Waals surface area (Å²) in [5, 5.41) is 0. The number of carbonyl (C=O) groups excluding carboxylic acids is 2. The van der Waals surface area contributed by atoms with Gasteiger partial charge in [-0.05, 0) is 75.9 Å². The monoisotopic (exact) mass is 450 g/mol. The Bertz CT molecular complexity index is 1100. The number of rotatable bonds is 6. The number of ether oxygens (including phenoxy) is 1. The number of carbonyl (C=O) groups is 2. The van der Waals surface area contributed by atoms with E-state index in [2.05, 4.69) is 14.9 Å². The molecular weight excluding hydrogens is 420 g/mol. The predicted octanol–water partition coefficient (Wildman–Crippen LogP) is 1.96. The number of nitrogens with zero attached hydrogens (tertiary/aromatic N) is 3. The first-order chi connectivity index (χ1) is 16.0. The van der Waals surface area contributed by atoms with Gasteiger partial charge in [0.15, 0.2) is 5.78 Å². The number of aryl methyl sites for hydroxylation is 1. The minimum atomic E-state index is -0.150. The van der Waals surface area contributed by atoms with Crippen molar-refractivity contribution in [3.8, 4) is 5.75 Å². The molecule has 5 rings (SSSR count). The molecule has 1 aromatic carbocycles. The summed E-state index contributed by atoms with van der Waals surface area (Å²) in [4.78, 5) is 49.8. The highest BCUT2D eigenvalue weighted by Gasteiger charge is 2.38. The van der Waals surface area contributed by atoms with Crippen LogP contribution in [0.15, 0.2) is 29.1 Å². The Morgan fingerprint density at radius 3 is 2.58 bits per heavy atom. The molecule has 2 fully saturated rings. The number of methoxy groups -OCH3 is 1. The standard InChI is InChI=1S/C25H30N4O4/c1-33-18-7-5-16(6-8-18)23(30)17-9-12-28(13-10-17)21-11-14-29(25(21)32)15-22-26-20-4-2-3-19(20)24(31)27-22/h5-8,17,21H,2-4,9-15H2,1H3,(H,26,27,31). The number of H-pyrrole nitrogens is 1. The number of likely N-dealkylation sites (tertiary alicyclic amines) is 2. The minimum absolute atomic E-state index is 0.0112. The maximum absolute atomic E-state index is 13.1. The number of piperidine rings is 1. The average Bonchev–Trinajstić information content (AvgIpc) is 3.46. The first kappa shape index (κ1) is 21.8. The SMILES string of the molecule is COc1ccc(C(=O)C2CCN(C3CCN(Cc4nc5c(c(=O)[nH]4)CCC5)C3=O)CC2)cc1. The third-order valence-corrected chi connectivity index (χ3v) is 7.32. The molecule has 3 heterocycles. The fraction of sp³-hybridized carbons (Fsp3) is 0.520. The van der Waals surface area contributed by atoms with E-state index in [-0.39, 0.29) is 29.2 Å². The second-order valence-electron chi connectivity index (χ2n) is 9.26. The quantitative estimate of drug-likeness (QED) is 0.676. The molecule has 8 heteroatoms. The van der Waals surface area contributed by atoms with E-state index in [9.17, 15) is 14.4 Å². The molecule has 2 aromatic rings. The lowest BCUT2D eigenvalue weighted by molar-refractivity contribution is -0.133. The fourth-order valence-corrected chi connectivity index (χ4v) is 5.43. The molecule has 0 spiro atoms. The zero-order valence-corrected chi connectivity index (χ0v) is 19.0. The third-order valence-electron chi connectivity index (χ3n) is 7.32. The van der Waals surface area contributed by atoms with E-state index in [4.69, 9.17) is 4.74 Å². The van der Waals surface area contributed by atoms with Crippen LogP contribution in [0.4, 0.5) is 0 Å². The summed E-state index contributed by atoms with van der Waals surface area (Å²) < 4.78 is 5.17. The highest BCUT2D eigenvalue weighted by Crippen LogP contribution is 2.27. The van der Waals surface area contributed by atoms with Crippen LogP contribution in [-0.2, 0) is 24.2 Å². The molecule has 33 heavy (non-hydrogen) atoms. The van der Waals surface area contributed by atoms with Gasteiger partial charge in [-0.15, -0.1) is 0 Å². The van der Waals surface area contributed by atoms with Crippen molar-refractivity contribution in [2.45, 2.75) is 51.1 Å². The molecule has 0 saturated carbocycles. The molecule has 8 nitrogen and oxygen atoms in total. The molecular formula is C25H30N4O4. The summed E-state index contributed by atoms with van der Waals surface area (Å²) in [6, 6.07) is 7.13. The van der Waals surface area contributed by atoms with Crippen molar-refractivity contribution < 1.29 is 14.3 Å². The van der Waals surface area contributed by atoms with Crippen molar-refractivity contribution in [1.29, 1.82) is 0 Å². The van der Waals surface area contributed by atoms with Crippen molar-refractivity contribution in [3.05, 3.63) is 57.3 Å². The Morgan fingerprint density at radius 2 is 1.85 bits per heavy atom. The predicted molar refractivity (Wildman–Crippen MR) is 122 cm³/mol. The summed E-state index contributed by atoms with van der Waals surface area (Å²) in [5.74, 6) is 1.58. The molecule has 1 aromatic heterocycles. The highest BCUT2D eigenvalue weighted by molar-refractivity contribution is 5.98. The van der Waals surface area contributed by atoms with Crippen molar-refractivity contribution in [1.82, 2.24) is 19.8 Å². The van der Waals surface area contributed by atoms with E-state index in [1.807, 2.05) is 24.3 Å². The van der Waals surface area contributed by atoms with E-state index in [0.29, 0.717) is 24.5 Å². The lowest BCUT2D eigenvalue weighted by Crippen LogP contribution is -2.46. The topological polar surface area (TPSA) is 95.6 Å². The maximum Gasteiger partial charge on any atom is 0.254 e. The normalized spacial score (nSPS) is 21.4. The van der Waals surface area contributed by atoms with Crippen molar-refractivity contribution in [2.24, 2.45) is 5.92 Å². The number of hydrogen-bond acceptors (Lipinski definition) is 6. The number of benzene rings is 1. The van der Waals surface area contributed by atoms with Gasteiger partial charge in [-0.1, -0.05) is 0 Å². The van der Waals surface area contributed by atoms with E-state index in [1.165, 1.54) is 0 Å². The summed E-state index contributed by atoms with van der Waals surface area (Å²) >= 11 is 0. The molecule has 1 atom stereocenters. The molecule has 174 valence electrons. The van der Waals surface area contributed by atoms with Gasteiger partial charge in [-0.2, -0.15) is 0 Å². The van der Waals surface area contributed by atoms with Gasteiger partial charge in [0.1, 0.15) is 11.6 Å². The first-order valence-electron chi connectivity index (χ1n) is 11.9. The number of amides is 1. The lowest BCUT2D eigenvalue weighted by atomic mass is 9.88. The zero-order valence-electron chi connectivity index (χ0n) is 19.0. The average molecular weight is 451 g/mol. The van der Waals surface area contributed by atoms with Crippen LogP contribution in [0, 0.1) is 5.92 Å². The van der Waals surface area contributed by atoms with Gasteiger partial charge >= 0.3 is 0 Å². The van der Waals surface area contributed by atoms with Crippen LogP contribution in [0.5, 0.6) is 5.75 Å². The number of aromatic amines is 1. The lowest BCUT2D eigenvalue weighted by Gasteiger charge is -2.34. The zero-order chi connectivity index (χ0) is 22.9. The summed E-state index contributed by atoms with van der Waals surface area (Å²) in [7, 11) is 1.61. The van der Waals surface area contributed by atoms with Gasteiger partial charge in [0.25, 0.3) is 5.56 Å². The number of hydrogen-bond donors (Lipinski definition) is 1. The Kier molecular flexibility index (Phi) is 6.01. The van der Waals surface area contributed by atoms with E-state index in [1.54, 1.807) is 12.0 Å². The molecule has 2 aliphatic heterocycles. The number of nitrogens with one attached hydrogen (secondary N) is 1. The Hall–Kier alpha value is -3.00. The van der Waals surface area contributed by atoms with Crippen LogP contribution in [0.25, 0.3) is 0 Å². The number of Topliss-reactive ketones (excluding diaryl/α,β-unsaturated/α-hetero) is 1. The van der Waals surface area contributed by atoms with Gasteiger partial charge < -0.3 is 14.6 Å². The van der Waals surface area contributed by atoms with E-state index in [0.717, 1.165) is 68.6 Å². The van der Waals surface area contributed by atoms with Gasteiger partial charge in [-0.25, -0.2) is 4.98 Å². The van der Waals surface area contributed by atoms with Gasteiger partial charge in [0, 0.05) is 23.6 Å². The molecule has 0 bridgehead atoms. The van der Waals surface area contributed by atoms with Crippen LogP contribution in [0.3, 0.4) is 0 Å². The van der Waals surface area contributed by atoms with Gasteiger partial charge in [-0.3, -0.25) is 19.3 Å². The molecule has 0 radical (unpaired) electrons. The summed E-state index contributed by atoms with van der Waals surface area (Å²) in [6.45, 7) is 2.49. The van der Waals surface area contributed by atoms with Crippen molar-refractivity contribution in [3.63, 3.8) is 0 Å². The Morgan fingerprint density at radius 1 is 1.09 bits per heavy atom. The Labute approximate surface area is 193 Å². The van der Waals surface area contributed by atoms with E-state index < -0.39 is 0 Å². The number of ketones is 1. The molecule has 2 saturated heterocycles. The second kappa shape index (κ2) is 9.09. The largest absolute Gasteiger partial charge is 0.497 e. The van der Waals surface area contributed by atoms with Crippen LogP contribution >= 0.6 is 0 Å². The molecule has 1 N–H and O–H groups in total. The smallest absolute Gasteiger partial charge is 0.254 e. The van der Waals surface area contributed by atoms with Crippen molar-refractivity contribution in [2.75, 3.05) is 26.7 Å². The first-order valence-corrected chi connectivity index (χ1v) is 11.9.